The summed E-state index contributed by atoms with van der Waals surface area (Å²) >= 11 is 0. The van der Waals surface area contributed by atoms with Gasteiger partial charge in [-0.3, -0.25) is 4.79 Å². The van der Waals surface area contributed by atoms with E-state index in [-0.39, 0.29) is 0 Å². The lowest BCUT2D eigenvalue weighted by molar-refractivity contribution is -0.138. The average Bonchev–Trinajstić information content (AvgIpc) is 2.48. The zero-order valence-corrected chi connectivity index (χ0v) is 13.2. The van der Waals surface area contributed by atoms with E-state index in [9.17, 15) is 4.79 Å². The first-order valence-corrected chi connectivity index (χ1v) is 7.72. The van der Waals surface area contributed by atoms with Gasteiger partial charge < -0.3 is 15.3 Å². The molecular weight excluding hydrogens is 264 g/mol. The van der Waals surface area contributed by atoms with E-state index in [0.717, 1.165) is 18.7 Å². The van der Waals surface area contributed by atoms with Gasteiger partial charge >= 0.3 is 5.97 Å². The maximum Gasteiger partial charge on any atom is 0.310 e. The molecular formula is C17H26N2O2. The van der Waals surface area contributed by atoms with Crippen molar-refractivity contribution in [3.05, 3.63) is 35.4 Å². The van der Waals surface area contributed by atoms with Crippen molar-refractivity contribution >= 4 is 5.97 Å². The van der Waals surface area contributed by atoms with Gasteiger partial charge in [-0.2, -0.15) is 0 Å². The largest absolute Gasteiger partial charge is 0.481 e. The van der Waals surface area contributed by atoms with E-state index in [1.165, 1.54) is 18.4 Å². The monoisotopic (exact) mass is 290 g/mol. The van der Waals surface area contributed by atoms with Gasteiger partial charge in [-0.25, -0.2) is 0 Å². The predicted octanol–water partition coefficient (Wildman–Crippen LogP) is 2.45. The van der Waals surface area contributed by atoms with Crippen molar-refractivity contribution in [1.29, 1.82) is 0 Å². The first-order valence-electron chi connectivity index (χ1n) is 7.72. The van der Waals surface area contributed by atoms with Gasteiger partial charge in [-0.1, -0.05) is 24.3 Å². The fourth-order valence-corrected chi connectivity index (χ4v) is 2.80. The van der Waals surface area contributed by atoms with Crippen LogP contribution in [0.2, 0.25) is 0 Å². The highest BCUT2D eigenvalue weighted by Gasteiger charge is 2.22. The number of aliphatic carboxylic acids is 1. The molecule has 1 aliphatic rings. The summed E-state index contributed by atoms with van der Waals surface area (Å²) in [5.41, 5.74) is 2.07. The lowest BCUT2D eigenvalue weighted by atomic mass is 9.98. The van der Waals surface area contributed by atoms with Crippen LogP contribution in [0, 0.1) is 0 Å². The van der Waals surface area contributed by atoms with E-state index in [4.69, 9.17) is 5.11 Å². The second-order valence-electron chi connectivity index (χ2n) is 6.23. The molecule has 1 aromatic carbocycles. The number of hydrogen-bond acceptors (Lipinski definition) is 3. The minimum absolute atomic E-state index is 0.443. The molecule has 0 amide bonds. The molecule has 21 heavy (non-hydrogen) atoms. The lowest BCUT2D eigenvalue weighted by Gasteiger charge is -2.35. The number of carboxylic acid groups (broad SMARTS) is 1. The predicted molar refractivity (Wildman–Crippen MR) is 84.4 cm³/mol. The van der Waals surface area contributed by atoms with Gasteiger partial charge in [0.05, 0.1) is 5.92 Å². The van der Waals surface area contributed by atoms with Crippen LogP contribution < -0.4 is 5.32 Å². The molecule has 0 spiro atoms. The van der Waals surface area contributed by atoms with Gasteiger partial charge in [-0.15, -0.1) is 0 Å². The van der Waals surface area contributed by atoms with Crippen LogP contribution in [0.5, 0.6) is 0 Å². The Labute approximate surface area is 127 Å². The summed E-state index contributed by atoms with van der Waals surface area (Å²) in [4.78, 5) is 13.4. The molecule has 0 radical (unpaired) electrons. The molecule has 1 heterocycles. The van der Waals surface area contributed by atoms with Crippen molar-refractivity contribution in [3.63, 3.8) is 0 Å². The molecule has 2 rings (SSSR count). The minimum Gasteiger partial charge on any atom is -0.481 e. The van der Waals surface area contributed by atoms with Crippen LogP contribution in [0.25, 0.3) is 0 Å². The molecule has 0 aromatic heterocycles. The van der Waals surface area contributed by atoms with E-state index >= 15 is 0 Å². The van der Waals surface area contributed by atoms with Crippen LogP contribution in [-0.4, -0.2) is 41.7 Å². The third-order valence-electron chi connectivity index (χ3n) is 4.65. The van der Waals surface area contributed by atoms with E-state index in [1.807, 2.05) is 24.3 Å². The highest BCUT2D eigenvalue weighted by atomic mass is 16.4. The second-order valence-corrected chi connectivity index (χ2v) is 6.23. The number of piperidine rings is 1. The van der Waals surface area contributed by atoms with Crippen molar-refractivity contribution in [2.24, 2.45) is 0 Å². The van der Waals surface area contributed by atoms with Gasteiger partial charge in [0.25, 0.3) is 0 Å². The van der Waals surface area contributed by atoms with Crippen molar-refractivity contribution in [1.82, 2.24) is 10.2 Å². The summed E-state index contributed by atoms with van der Waals surface area (Å²) in [5, 5.41) is 12.6. The van der Waals surface area contributed by atoms with Crippen LogP contribution in [0.1, 0.15) is 43.7 Å². The molecule has 4 nitrogen and oxygen atoms in total. The molecule has 4 heteroatoms. The molecule has 116 valence electrons. The number of benzene rings is 1. The third-order valence-corrected chi connectivity index (χ3v) is 4.65. The van der Waals surface area contributed by atoms with Crippen molar-refractivity contribution in [2.45, 2.75) is 51.2 Å². The number of carbonyl (C=O) groups is 1. The smallest absolute Gasteiger partial charge is 0.310 e. The Morgan fingerprint density at radius 1 is 1.43 bits per heavy atom. The van der Waals surface area contributed by atoms with Crippen molar-refractivity contribution in [2.75, 3.05) is 13.6 Å². The van der Waals surface area contributed by atoms with Gasteiger partial charge in [0.1, 0.15) is 0 Å². The summed E-state index contributed by atoms with van der Waals surface area (Å²) in [7, 11) is 2.18. The quantitative estimate of drug-likeness (QED) is 0.874. The van der Waals surface area contributed by atoms with Gasteiger partial charge in [-0.05, 0) is 51.4 Å². The molecule has 3 unspecified atom stereocenters. The first-order chi connectivity index (χ1) is 9.97. The highest BCUT2D eigenvalue weighted by molar-refractivity contribution is 5.75. The van der Waals surface area contributed by atoms with Gasteiger partial charge in [0.2, 0.25) is 0 Å². The number of likely N-dealkylation sites (tertiary alicyclic amines) is 1. The number of nitrogens with zero attached hydrogens (tertiary/aromatic N) is 1. The Bertz CT molecular complexity index is 472. The van der Waals surface area contributed by atoms with E-state index in [2.05, 4.69) is 24.2 Å². The minimum atomic E-state index is -0.777. The molecule has 1 saturated heterocycles. The average molecular weight is 290 g/mol. The van der Waals surface area contributed by atoms with Crippen molar-refractivity contribution < 1.29 is 9.90 Å². The normalized spacial score (nSPS) is 24.7. The Balaban J connectivity index is 1.85. The summed E-state index contributed by atoms with van der Waals surface area (Å²) < 4.78 is 0. The molecule has 1 aliphatic heterocycles. The summed E-state index contributed by atoms with van der Waals surface area (Å²) in [6.07, 6.45) is 2.37. The zero-order chi connectivity index (χ0) is 15.4. The third kappa shape index (κ3) is 4.29. The Hall–Kier alpha value is -1.39. The number of nitrogens with one attached hydrogen (secondary N) is 1. The molecule has 2 N–H and O–H groups in total. The van der Waals surface area contributed by atoms with Crippen LogP contribution in [-0.2, 0) is 11.3 Å². The fourth-order valence-electron chi connectivity index (χ4n) is 2.80. The summed E-state index contributed by atoms with van der Waals surface area (Å²) in [6, 6.07) is 9.12. The molecule has 1 aromatic rings. The highest BCUT2D eigenvalue weighted by Crippen LogP contribution is 2.18. The first kappa shape index (κ1) is 16.0. The van der Waals surface area contributed by atoms with Gasteiger partial charge in [0, 0.05) is 18.6 Å². The lowest BCUT2D eigenvalue weighted by Crippen LogP contribution is -2.45. The maximum absolute atomic E-state index is 11.0. The molecule has 0 saturated carbocycles. The van der Waals surface area contributed by atoms with E-state index < -0.39 is 11.9 Å². The van der Waals surface area contributed by atoms with Crippen LogP contribution in [0.3, 0.4) is 0 Å². The molecule has 3 atom stereocenters. The van der Waals surface area contributed by atoms with Gasteiger partial charge in [0.15, 0.2) is 0 Å². The SMILES string of the molecule is CC(C(=O)O)c1ccc(CNC2CCN(C)C(C)C2)cc1. The van der Waals surface area contributed by atoms with Crippen LogP contribution >= 0.6 is 0 Å². The Kier molecular flexibility index (Phi) is 5.37. The Morgan fingerprint density at radius 3 is 2.67 bits per heavy atom. The number of rotatable bonds is 5. The summed E-state index contributed by atoms with van der Waals surface area (Å²) in [5.74, 6) is -1.22. The summed E-state index contributed by atoms with van der Waals surface area (Å²) in [6.45, 7) is 5.99. The topological polar surface area (TPSA) is 52.6 Å². The van der Waals surface area contributed by atoms with Crippen LogP contribution in [0.15, 0.2) is 24.3 Å². The Morgan fingerprint density at radius 2 is 2.10 bits per heavy atom. The molecule has 0 aliphatic carbocycles. The van der Waals surface area contributed by atoms with Crippen LogP contribution in [0.4, 0.5) is 0 Å². The second kappa shape index (κ2) is 7.05. The van der Waals surface area contributed by atoms with Crippen molar-refractivity contribution in [3.8, 4) is 0 Å². The number of carboxylic acids is 1. The molecule has 0 bridgehead atoms. The van der Waals surface area contributed by atoms with E-state index in [1.54, 1.807) is 6.92 Å². The van der Waals surface area contributed by atoms with E-state index in [0.29, 0.717) is 12.1 Å². The number of hydrogen-bond donors (Lipinski definition) is 2. The maximum atomic E-state index is 11.0. The molecule has 1 fully saturated rings. The standard InChI is InChI=1S/C17H26N2O2/c1-12-10-16(8-9-19(12)3)18-11-14-4-6-15(7-5-14)13(2)17(20)21/h4-7,12-13,16,18H,8-11H2,1-3H3,(H,20,21). The fraction of sp³-hybridized carbons (Fsp3) is 0.588. The zero-order valence-electron chi connectivity index (χ0n) is 13.2.